The first-order valence-electron chi connectivity index (χ1n) is 18.4. The maximum atomic E-state index is 11.8. The van der Waals surface area contributed by atoms with E-state index in [0.29, 0.717) is 56.1 Å². The van der Waals surface area contributed by atoms with Crippen LogP contribution in [0.4, 0.5) is 0 Å². The summed E-state index contributed by atoms with van der Waals surface area (Å²) < 4.78 is 1.63. The highest BCUT2D eigenvalue weighted by atomic mass is 32.1. The van der Waals surface area contributed by atoms with Crippen molar-refractivity contribution in [3.63, 3.8) is 0 Å². The van der Waals surface area contributed by atoms with Gasteiger partial charge >= 0.3 is 23.9 Å². The van der Waals surface area contributed by atoms with Gasteiger partial charge in [-0.05, 0) is 119 Å². The van der Waals surface area contributed by atoms with Gasteiger partial charge in [-0.2, -0.15) is 0 Å². The highest BCUT2D eigenvalue weighted by Gasteiger charge is 2.20. The predicted molar refractivity (Wildman–Crippen MR) is 232 cm³/mol. The van der Waals surface area contributed by atoms with Crippen LogP contribution >= 0.6 is 11.3 Å². The van der Waals surface area contributed by atoms with E-state index in [1.807, 2.05) is 48.6 Å². The minimum atomic E-state index is -1.06. The number of carboxylic acids is 4. The molecule has 290 valence electrons. The van der Waals surface area contributed by atoms with Gasteiger partial charge in [-0.25, -0.2) is 29.1 Å². The number of aromatic nitrogens is 3. The second-order valence-corrected chi connectivity index (χ2v) is 15.0. The summed E-state index contributed by atoms with van der Waals surface area (Å²) in [6, 6.07) is 34.0. The normalized spacial score (nSPS) is 11.7. The first-order valence-corrected chi connectivity index (χ1v) is 19.3. The zero-order valence-electron chi connectivity index (χ0n) is 31.1. The topological polar surface area (TPSA) is 191 Å². The number of thiophene rings is 1. The van der Waals surface area contributed by atoms with Crippen LogP contribution in [0.25, 0.3) is 89.2 Å². The SMILES string of the molecule is O=C(O)c1ccc(-c2c3nc(c(-c4ccc(C(=O)O)cc4)c4ccc(s4)c(-c4ccc(C(=O)O)cc4)c4nc(c(-c5ccc(C(=O)O)cc5)c5ccc2[nH]5)C=C4)C=C3)cc1. The van der Waals surface area contributed by atoms with Crippen LogP contribution in [0.2, 0.25) is 0 Å². The molecule has 4 aromatic carbocycles. The number of carbonyl (C=O) groups is 4. The largest absolute Gasteiger partial charge is 0.478 e. The van der Waals surface area contributed by atoms with E-state index in [4.69, 9.17) is 9.97 Å². The molecule has 12 heteroatoms. The predicted octanol–water partition coefficient (Wildman–Crippen LogP) is 10.8. The molecule has 0 amide bonds. The molecule has 2 aliphatic rings. The Morgan fingerprint density at radius 1 is 0.367 bits per heavy atom. The summed E-state index contributed by atoms with van der Waals surface area (Å²) in [7, 11) is 0. The molecular weight excluding hydrogens is 779 g/mol. The van der Waals surface area contributed by atoms with E-state index < -0.39 is 23.9 Å². The molecule has 0 saturated heterocycles. The molecule has 11 nitrogen and oxygen atoms in total. The number of hydrogen-bond acceptors (Lipinski definition) is 7. The van der Waals surface area contributed by atoms with Gasteiger partial charge in [0, 0.05) is 42.7 Å². The average Bonchev–Trinajstić information content (AvgIpc) is 4.10. The number of hydrogen-bond donors (Lipinski definition) is 5. The number of nitrogens with one attached hydrogen (secondary N) is 1. The third-order valence-electron chi connectivity index (χ3n) is 10.3. The van der Waals surface area contributed by atoms with E-state index >= 15 is 0 Å². The van der Waals surface area contributed by atoms with Crippen molar-refractivity contribution in [1.29, 1.82) is 0 Å². The molecule has 2 aliphatic heterocycles. The van der Waals surface area contributed by atoms with Gasteiger partial charge in [0.2, 0.25) is 0 Å². The van der Waals surface area contributed by atoms with Gasteiger partial charge in [-0.1, -0.05) is 48.5 Å². The summed E-state index contributed by atoms with van der Waals surface area (Å²) in [6.45, 7) is 0. The molecule has 7 aromatic rings. The Hall–Kier alpha value is -8.22. The molecule has 0 atom stereocenters. The van der Waals surface area contributed by atoms with Gasteiger partial charge in [0.25, 0.3) is 0 Å². The second-order valence-electron chi connectivity index (χ2n) is 13.9. The fourth-order valence-electron chi connectivity index (χ4n) is 7.41. The number of benzene rings is 4. The van der Waals surface area contributed by atoms with Gasteiger partial charge in [0.15, 0.2) is 0 Å². The minimum absolute atomic E-state index is 0.123. The van der Waals surface area contributed by atoms with Gasteiger partial charge < -0.3 is 25.4 Å². The standard InChI is InChI=1S/C48H29N3O8S/c52-45(53)29-9-1-25(2-10-29)41-33-17-18-34(49-33)42(26-3-11-30(12-4-26)46(54)55)36-20-22-38(51-36)44(28-7-15-32(16-8-28)48(58)59)40-24-23-39(60-40)43(37-21-19-35(41)50-37)27-5-13-31(14-6-27)47(56)57/h1-24,49H,(H,52,53)(H,54,55)(H,56,57)(H,58,59). The number of aromatic carboxylic acids is 4. The summed E-state index contributed by atoms with van der Waals surface area (Å²) in [6.07, 6.45) is 7.56. The maximum absolute atomic E-state index is 11.8. The molecule has 60 heavy (non-hydrogen) atoms. The number of aromatic amines is 1. The fraction of sp³-hybridized carbons (Fsp3) is 0. The number of carboxylic acid groups (broad SMARTS) is 4. The minimum Gasteiger partial charge on any atom is -0.478 e. The van der Waals surface area contributed by atoms with Gasteiger partial charge in [-0.3, -0.25) is 0 Å². The quantitative estimate of drug-likeness (QED) is 0.0987. The molecule has 9 rings (SSSR count). The molecular formula is C48H29N3O8S. The molecule has 8 bridgehead atoms. The molecule has 0 spiro atoms. The fourth-order valence-corrected chi connectivity index (χ4v) is 8.57. The van der Waals surface area contributed by atoms with Crippen LogP contribution in [0.15, 0.2) is 121 Å². The molecule has 0 aliphatic carbocycles. The van der Waals surface area contributed by atoms with Crippen molar-refractivity contribution in [2.24, 2.45) is 0 Å². The average molecular weight is 808 g/mol. The molecule has 0 fully saturated rings. The van der Waals surface area contributed by atoms with Crippen molar-refractivity contribution >= 4 is 80.0 Å². The number of nitrogens with zero attached hydrogens (tertiary/aromatic N) is 2. The van der Waals surface area contributed by atoms with Crippen molar-refractivity contribution in [1.82, 2.24) is 15.0 Å². The highest BCUT2D eigenvalue weighted by molar-refractivity contribution is 7.24. The molecule has 5 N–H and O–H groups in total. The molecule has 0 saturated carbocycles. The van der Waals surface area contributed by atoms with Crippen LogP contribution < -0.4 is 0 Å². The Balaban J connectivity index is 1.43. The Labute approximate surface area is 344 Å². The highest BCUT2D eigenvalue weighted by Crippen LogP contribution is 2.41. The smallest absolute Gasteiger partial charge is 0.335 e. The van der Waals surface area contributed by atoms with Crippen LogP contribution in [0.5, 0.6) is 0 Å². The lowest BCUT2D eigenvalue weighted by molar-refractivity contribution is 0.0686. The lowest BCUT2D eigenvalue weighted by Gasteiger charge is -2.07. The van der Waals surface area contributed by atoms with E-state index in [2.05, 4.69) is 4.98 Å². The van der Waals surface area contributed by atoms with Crippen molar-refractivity contribution in [3.8, 4) is 44.5 Å². The van der Waals surface area contributed by atoms with Crippen LogP contribution in [-0.4, -0.2) is 59.3 Å². The Kier molecular flexibility index (Phi) is 9.30. The maximum Gasteiger partial charge on any atom is 0.335 e. The zero-order valence-corrected chi connectivity index (χ0v) is 31.9. The lowest BCUT2D eigenvalue weighted by Crippen LogP contribution is -1.96. The second kappa shape index (κ2) is 14.9. The van der Waals surface area contributed by atoms with E-state index in [9.17, 15) is 39.6 Å². The first kappa shape index (κ1) is 37.4. The first-order chi connectivity index (χ1) is 29.0. The van der Waals surface area contributed by atoms with Gasteiger partial charge in [-0.15, -0.1) is 11.3 Å². The van der Waals surface area contributed by atoms with Gasteiger partial charge in [0.05, 0.1) is 45.0 Å². The van der Waals surface area contributed by atoms with Crippen LogP contribution in [0.1, 0.15) is 64.2 Å². The molecule has 3 aromatic heterocycles. The van der Waals surface area contributed by atoms with E-state index in [1.165, 1.54) is 35.6 Å². The number of rotatable bonds is 8. The zero-order chi connectivity index (χ0) is 41.7. The summed E-state index contributed by atoms with van der Waals surface area (Å²) in [5, 5.41) is 38.7. The summed E-state index contributed by atoms with van der Waals surface area (Å²) >= 11 is 1.47. The van der Waals surface area contributed by atoms with Crippen molar-refractivity contribution in [2.45, 2.75) is 0 Å². The molecule has 0 radical (unpaired) electrons. The number of fused-ring (bicyclic) bond motifs is 8. The summed E-state index contributed by atoms with van der Waals surface area (Å²) in [5.41, 5.74) is 9.88. The lowest BCUT2D eigenvalue weighted by atomic mass is 10.0. The van der Waals surface area contributed by atoms with Crippen LogP contribution in [0.3, 0.4) is 0 Å². The molecule has 5 heterocycles. The third kappa shape index (κ3) is 6.82. The van der Waals surface area contributed by atoms with Crippen LogP contribution in [0, 0.1) is 0 Å². The Morgan fingerprint density at radius 3 is 0.917 bits per heavy atom. The monoisotopic (exact) mass is 807 g/mol. The van der Waals surface area contributed by atoms with Crippen molar-refractivity contribution in [2.75, 3.05) is 0 Å². The Bertz CT molecular complexity index is 2760. The summed E-state index contributed by atoms with van der Waals surface area (Å²) in [4.78, 5) is 61.3. The van der Waals surface area contributed by atoms with E-state index in [0.717, 1.165) is 31.7 Å². The van der Waals surface area contributed by atoms with Crippen LogP contribution in [-0.2, 0) is 0 Å². The Morgan fingerprint density at radius 2 is 0.633 bits per heavy atom. The summed E-state index contributed by atoms with van der Waals surface area (Å²) in [5.74, 6) is -4.22. The van der Waals surface area contributed by atoms with E-state index in [-0.39, 0.29) is 22.3 Å². The number of H-pyrrole nitrogens is 1. The van der Waals surface area contributed by atoms with Crippen molar-refractivity contribution < 1.29 is 39.6 Å². The van der Waals surface area contributed by atoms with Gasteiger partial charge in [0.1, 0.15) is 0 Å². The van der Waals surface area contributed by atoms with Crippen molar-refractivity contribution in [3.05, 3.63) is 166 Å². The third-order valence-corrected chi connectivity index (χ3v) is 11.4. The van der Waals surface area contributed by atoms with E-state index in [1.54, 1.807) is 72.8 Å². The molecule has 0 unspecified atom stereocenters.